The molecule has 2 aromatic rings. The molecule has 0 saturated heterocycles. The number of sulfonamides is 1. The summed E-state index contributed by atoms with van der Waals surface area (Å²) in [5, 5.41) is 0. The summed E-state index contributed by atoms with van der Waals surface area (Å²) in [6, 6.07) is 8.40. The molecule has 2 aromatic carbocycles. The Morgan fingerprint density at radius 3 is 2.27 bits per heavy atom. The molecule has 0 fully saturated rings. The highest BCUT2D eigenvalue weighted by atomic mass is 32.2. The maximum atomic E-state index is 13.8. The van der Waals surface area contributed by atoms with Gasteiger partial charge in [-0.15, -0.1) is 0 Å². The quantitative estimate of drug-likeness (QED) is 0.918. The van der Waals surface area contributed by atoms with Gasteiger partial charge in [0, 0.05) is 6.07 Å². The van der Waals surface area contributed by atoms with E-state index in [-0.39, 0.29) is 16.3 Å². The van der Waals surface area contributed by atoms with E-state index in [1.165, 1.54) is 44.6 Å². The fourth-order valence-electron chi connectivity index (χ4n) is 1.89. The van der Waals surface area contributed by atoms with Crippen molar-refractivity contribution >= 4 is 15.7 Å². The molecule has 0 unspecified atom stereocenters. The second-order valence-electron chi connectivity index (χ2n) is 4.61. The van der Waals surface area contributed by atoms with Crippen molar-refractivity contribution in [3.8, 4) is 11.5 Å². The van der Waals surface area contributed by atoms with Gasteiger partial charge in [-0.25, -0.2) is 12.8 Å². The van der Waals surface area contributed by atoms with E-state index in [4.69, 9.17) is 9.47 Å². The number of hydrogen-bond donors (Lipinski definition) is 1. The Bertz CT molecular complexity index is 790. The van der Waals surface area contributed by atoms with Gasteiger partial charge in [0.25, 0.3) is 10.0 Å². The smallest absolute Gasteiger partial charge is 0.262 e. The Hall–Kier alpha value is -2.28. The average molecular weight is 325 g/mol. The second-order valence-corrected chi connectivity index (χ2v) is 6.29. The highest BCUT2D eigenvalue weighted by Crippen LogP contribution is 2.30. The van der Waals surface area contributed by atoms with Crippen molar-refractivity contribution in [3.63, 3.8) is 0 Å². The molecule has 0 aliphatic carbocycles. The van der Waals surface area contributed by atoms with E-state index in [2.05, 4.69) is 4.72 Å². The first-order chi connectivity index (χ1) is 10.4. The zero-order chi connectivity index (χ0) is 16.3. The third-order valence-corrected chi connectivity index (χ3v) is 4.40. The molecule has 0 bridgehead atoms. The van der Waals surface area contributed by atoms with E-state index >= 15 is 0 Å². The van der Waals surface area contributed by atoms with Gasteiger partial charge in [-0.05, 0) is 36.8 Å². The van der Waals surface area contributed by atoms with Crippen LogP contribution in [0.5, 0.6) is 11.5 Å². The lowest BCUT2D eigenvalue weighted by Gasteiger charge is -2.12. The van der Waals surface area contributed by atoms with Crippen molar-refractivity contribution in [2.75, 3.05) is 18.9 Å². The number of ether oxygens (including phenoxy) is 2. The van der Waals surface area contributed by atoms with Crippen molar-refractivity contribution in [3.05, 3.63) is 47.8 Å². The summed E-state index contributed by atoms with van der Waals surface area (Å²) in [7, 11) is -1.08. The molecule has 0 saturated carbocycles. The van der Waals surface area contributed by atoms with Crippen LogP contribution in [0.25, 0.3) is 0 Å². The summed E-state index contributed by atoms with van der Waals surface area (Å²) < 4.78 is 50.8. The molecule has 5 nitrogen and oxygen atoms in total. The predicted octanol–water partition coefficient (Wildman–Crippen LogP) is 2.95. The number of aryl methyl sites for hydroxylation is 1. The van der Waals surface area contributed by atoms with Crippen LogP contribution in [0.2, 0.25) is 0 Å². The first kappa shape index (κ1) is 16.1. The third-order valence-electron chi connectivity index (χ3n) is 3.03. The van der Waals surface area contributed by atoms with Gasteiger partial charge in [-0.1, -0.05) is 6.07 Å². The van der Waals surface area contributed by atoms with Crippen molar-refractivity contribution < 1.29 is 22.3 Å². The highest BCUT2D eigenvalue weighted by molar-refractivity contribution is 7.92. The van der Waals surface area contributed by atoms with E-state index < -0.39 is 15.8 Å². The van der Waals surface area contributed by atoms with Crippen LogP contribution in [0.3, 0.4) is 0 Å². The monoisotopic (exact) mass is 325 g/mol. The molecule has 0 aliphatic heterocycles. The topological polar surface area (TPSA) is 64.6 Å². The summed E-state index contributed by atoms with van der Waals surface area (Å²) in [5.41, 5.74) is 0.590. The molecule has 22 heavy (non-hydrogen) atoms. The minimum Gasteiger partial charge on any atom is -0.493 e. The maximum absolute atomic E-state index is 13.8. The SMILES string of the molecule is COc1ccc(S(=O)(=O)Nc2ccc(C)cc2F)cc1OC. The maximum Gasteiger partial charge on any atom is 0.262 e. The van der Waals surface area contributed by atoms with Crippen molar-refractivity contribution in [2.45, 2.75) is 11.8 Å². The van der Waals surface area contributed by atoms with Crippen molar-refractivity contribution in [1.82, 2.24) is 0 Å². The van der Waals surface area contributed by atoms with Gasteiger partial charge < -0.3 is 9.47 Å². The van der Waals surface area contributed by atoms with Gasteiger partial charge in [0.05, 0.1) is 24.8 Å². The lowest BCUT2D eigenvalue weighted by molar-refractivity contribution is 0.354. The van der Waals surface area contributed by atoms with E-state index in [0.29, 0.717) is 11.3 Å². The zero-order valence-corrected chi connectivity index (χ0v) is 13.2. The number of benzene rings is 2. The van der Waals surface area contributed by atoms with E-state index in [1.807, 2.05) is 0 Å². The summed E-state index contributed by atoms with van der Waals surface area (Å²) >= 11 is 0. The van der Waals surface area contributed by atoms with Crippen LogP contribution >= 0.6 is 0 Å². The largest absolute Gasteiger partial charge is 0.493 e. The molecule has 0 radical (unpaired) electrons. The standard InChI is InChI=1S/C15H16FNO4S/c1-10-4-6-13(12(16)8-10)17-22(18,19)11-5-7-14(20-2)15(9-11)21-3/h4-9,17H,1-3H3. The number of halogens is 1. The molecular weight excluding hydrogens is 309 g/mol. The Morgan fingerprint density at radius 1 is 1.00 bits per heavy atom. The van der Waals surface area contributed by atoms with Gasteiger partial charge >= 0.3 is 0 Å². The molecule has 0 atom stereocenters. The van der Waals surface area contributed by atoms with Gasteiger partial charge in [-0.2, -0.15) is 0 Å². The number of hydrogen-bond acceptors (Lipinski definition) is 4. The number of methoxy groups -OCH3 is 2. The molecule has 0 spiro atoms. The van der Waals surface area contributed by atoms with Gasteiger partial charge in [-0.3, -0.25) is 4.72 Å². The lowest BCUT2D eigenvalue weighted by Crippen LogP contribution is -2.14. The lowest BCUT2D eigenvalue weighted by atomic mass is 10.2. The first-order valence-electron chi connectivity index (χ1n) is 6.38. The fourth-order valence-corrected chi connectivity index (χ4v) is 2.97. The minimum atomic E-state index is -3.93. The molecule has 0 amide bonds. The minimum absolute atomic E-state index is 0.0508. The van der Waals surface area contributed by atoms with Gasteiger partial charge in [0.2, 0.25) is 0 Å². The average Bonchev–Trinajstić information content (AvgIpc) is 2.49. The highest BCUT2D eigenvalue weighted by Gasteiger charge is 2.18. The molecule has 0 aliphatic rings. The van der Waals surface area contributed by atoms with Crippen LogP contribution in [0, 0.1) is 12.7 Å². The molecule has 0 heterocycles. The van der Waals surface area contributed by atoms with Crippen LogP contribution in [0.4, 0.5) is 10.1 Å². The Kier molecular flexibility index (Phi) is 4.56. The second kappa shape index (κ2) is 6.23. The predicted molar refractivity (Wildman–Crippen MR) is 81.5 cm³/mol. The zero-order valence-electron chi connectivity index (χ0n) is 12.4. The third kappa shape index (κ3) is 3.30. The van der Waals surface area contributed by atoms with Crippen LogP contribution in [0.15, 0.2) is 41.3 Å². The van der Waals surface area contributed by atoms with E-state index in [9.17, 15) is 12.8 Å². The molecule has 7 heteroatoms. The van der Waals surface area contributed by atoms with Gasteiger partial charge in [0.15, 0.2) is 11.5 Å². The Labute approximate surface area is 128 Å². The molecule has 0 aromatic heterocycles. The van der Waals surface area contributed by atoms with E-state index in [1.54, 1.807) is 13.0 Å². The molecular formula is C15H16FNO4S. The molecule has 1 N–H and O–H groups in total. The van der Waals surface area contributed by atoms with Crippen LogP contribution < -0.4 is 14.2 Å². The van der Waals surface area contributed by atoms with Crippen molar-refractivity contribution in [1.29, 1.82) is 0 Å². The number of anilines is 1. The number of nitrogens with one attached hydrogen (secondary N) is 1. The Morgan fingerprint density at radius 2 is 1.68 bits per heavy atom. The molecule has 2 rings (SSSR count). The number of rotatable bonds is 5. The van der Waals surface area contributed by atoms with E-state index in [0.717, 1.165) is 0 Å². The van der Waals surface area contributed by atoms with Crippen LogP contribution in [0.1, 0.15) is 5.56 Å². The van der Waals surface area contributed by atoms with Crippen molar-refractivity contribution in [2.24, 2.45) is 0 Å². The summed E-state index contributed by atoms with van der Waals surface area (Å²) in [6.45, 7) is 1.72. The molecule has 118 valence electrons. The fraction of sp³-hybridized carbons (Fsp3) is 0.200. The first-order valence-corrected chi connectivity index (χ1v) is 7.86. The summed E-state index contributed by atoms with van der Waals surface area (Å²) in [4.78, 5) is -0.0508. The summed E-state index contributed by atoms with van der Waals surface area (Å²) in [5.74, 6) is 0.0433. The Balaban J connectivity index is 2.38. The van der Waals surface area contributed by atoms with Crippen LogP contribution in [-0.2, 0) is 10.0 Å². The summed E-state index contributed by atoms with van der Waals surface area (Å²) in [6.07, 6.45) is 0. The van der Waals surface area contributed by atoms with Gasteiger partial charge in [0.1, 0.15) is 5.82 Å². The normalized spacial score (nSPS) is 11.1. The van der Waals surface area contributed by atoms with Crippen LogP contribution in [-0.4, -0.2) is 22.6 Å².